The first-order valence-electron chi connectivity index (χ1n) is 7.07. The van der Waals surface area contributed by atoms with Crippen molar-refractivity contribution in [2.24, 2.45) is 0 Å². The minimum Gasteiger partial charge on any atom is -0.0913 e. The van der Waals surface area contributed by atoms with Crippen LogP contribution in [0, 0.1) is 11.2 Å². The van der Waals surface area contributed by atoms with Crippen LogP contribution in [0.5, 0.6) is 0 Å². The summed E-state index contributed by atoms with van der Waals surface area (Å²) in [6.07, 6.45) is 9.17. The fourth-order valence-electron chi connectivity index (χ4n) is 1.79. The van der Waals surface area contributed by atoms with Crippen molar-refractivity contribution in [3.05, 3.63) is 35.9 Å². The van der Waals surface area contributed by atoms with Crippen LogP contribution >= 0.6 is 11.8 Å². The SMILES string of the molecule is CCCCCCCCC#CSCc1ccccc1. The molecule has 1 rings (SSSR count). The van der Waals surface area contributed by atoms with Gasteiger partial charge in [0, 0.05) is 12.2 Å². The molecule has 1 aromatic rings. The van der Waals surface area contributed by atoms with E-state index in [9.17, 15) is 0 Å². The van der Waals surface area contributed by atoms with Crippen molar-refractivity contribution < 1.29 is 0 Å². The summed E-state index contributed by atoms with van der Waals surface area (Å²) in [6, 6.07) is 10.5. The Morgan fingerprint density at radius 1 is 0.944 bits per heavy atom. The molecule has 0 unspecified atom stereocenters. The van der Waals surface area contributed by atoms with E-state index in [1.807, 2.05) is 0 Å². The molecule has 0 aliphatic carbocycles. The lowest BCUT2D eigenvalue weighted by Gasteiger charge is -1.96. The lowest BCUT2D eigenvalue weighted by Crippen LogP contribution is -1.78. The van der Waals surface area contributed by atoms with Gasteiger partial charge in [-0.1, -0.05) is 87.0 Å². The van der Waals surface area contributed by atoms with Crippen LogP contribution in [0.2, 0.25) is 0 Å². The second-order valence-electron chi connectivity index (χ2n) is 4.57. The summed E-state index contributed by atoms with van der Waals surface area (Å²) in [7, 11) is 0. The van der Waals surface area contributed by atoms with E-state index in [2.05, 4.69) is 48.4 Å². The van der Waals surface area contributed by atoms with Crippen LogP contribution in [0.1, 0.15) is 57.4 Å². The van der Waals surface area contributed by atoms with Gasteiger partial charge in [0.2, 0.25) is 0 Å². The van der Waals surface area contributed by atoms with Crippen LogP contribution in [0.3, 0.4) is 0 Å². The zero-order chi connectivity index (χ0) is 12.9. The molecule has 0 radical (unpaired) electrons. The predicted octanol–water partition coefficient (Wildman–Crippen LogP) is 5.63. The standard InChI is InChI=1S/C17H24S/c1-2-3-4-5-6-7-8-12-15-18-16-17-13-10-9-11-14-17/h9-11,13-14H,2-8,16H2,1H3. The monoisotopic (exact) mass is 260 g/mol. The first-order chi connectivity index (χ1) is 8.93. The number of thioether (sulfide) groups is 1. The summed E-state index contributed by atoms with van der Waals surface area (Å²) < 4.78 is 0. The quantitative estimate of drug-likeness (QED) is 0.431. The molecule has 98 valence electrons. The largest absolute Gasteiger partial charge is 0.0913 e. The smallest absolute Gasteiger partial charge is 0.0308 e. The second kappa shape index (κ2) is 11.2. The Hall–Kier alpha value is -0.870. The van der Waals surface area contributed by atoms with Crippen LogP contribution in [-0.4, -0.2) is 0 Å². The molecule has 1 aromatic carbocycles. The molecule has 18 heavy (non-hydrogen) atoms. The first-order valence-corrected chi connectivity index (χ1v) is 8.05. The highest BCUT2D eigenvalue weighted by Gasteiger charge is 1.89. The number of hydrogen-bond donors (Lipinski definition) is 0. The third-order valence-electron chi connectivity index (χ3n) is 2.88. The molecule has 0 amide bonds. The summed E-state index contributed by atoms with van der Waals surface area (Å²) in [5.41, 5.74) is 1.36. The molecule has 0 saturated heterocycles. The molecule has 0 aliphatic rings. The molecule has 0 nitrogen and oxygen atoms in total. The number of benzene rings is 1. The lowest BCUT2D eigenvalue weighted by atomic mass is 10.1. The maximum atomic E-state index is 3.26. The fourth-order valence-corrected chi connectivity index (χ4v) is 2.42. The van der Waals surface area contributed by atoms with Gasteiger partial charge in [-0.05, 0) is 17.2 Å². The Bertz CT molecular complexity index is 345. The number of unbranched alkanes of at least 4 members (excludes halogenated alkanes) is 6. The molecule has 0 heterocycles. The highest BCUT2D eigenvalue weighted by atomic mass is 32.2. The predicted molar refractivity (Wildman–Crippen MR) is 83.5 cm³/mol. The van der Waals surface area contributed by atoms with Gasteiger partial charge in [0.25, 0.3) is 0 Å². The summed E-state index contributed by atoms with van der Waals surface area (Å²) in [5, 5.41) is 3.20. The van der Waals surface area contributed by atoms with E-state index in [4.69, 9.17) is 0 Å². The average molecular weight is 260 g/mol. The van der Waals surface area contributed by atoms with Crippen LogP contribution in [0.15, 0.2) is 30.3 Å². The Kier molecular flexibility index (Phi) is 9.48. The van der Waals surface area contributed by atoms with Crippen molar-refractivity contribution in [3.63, 3.8) is 0 Å². The highest BCUT2D eigenvalue weighted by molar-refractivity contribution is 8.03. The van der Waals surface area contributed by atoms with E-state index >= 15 is 0 Å². The molecule has 0 bridgehead atoms. The van der Waals surface area contributed by atoms with Crippen molar-refractivity contribution in [1.29, 1.82) is 0 Å². The zero-order valence-electron chi connectivity index (χ0n) is 11.5. The van der Waals surface area contributed by atoms with E-state index in [1.165, 1.54) is 44.1 Å². The Labute approximate surface area is 117 Å². The molecule has 0 N–H and O–H groups in total. The molecule has 0 aromatic heterocycles. The third-order valence-corrected chi connectivity index (χ3v) is 3.65. The summed E-state index contributed by atoms with van der Waals surface area (Å²) >= 11 is 1.72. The van der Waals surface area contributed by atoms with Crippen molar-refractivity contribution in [1.82, 2.24) is 0 Å². The Balaban J connectivity index is 1.95. The maximum Gasteiger partial charge on any atom is 0.0308 e. The number of hydrogen-bond acceptors (Lipinski definition) is 1. The summed E-state index contributed by atoms with van der Waals surface area (Å²) in [6.45, 7) is 2.26. The Morgan fingerprint density at radius 2 is 1.67 bits per heavy atom. The van der Waals surface area contributed by atoms with Crippen molar-refractivity contribution in [2.45, 2.75) is 57.6 Å². The van der Waals surface area contributed by atoms with Crippen molar-refractivity contribution in [3.8, 4) is 11.2 Å². The molecular weight excluding hydrogens is 236 g/mol. The van der Waals surface area contributed by atoms with Gasteiger partial charge in [0.05, 0.1) is 0 Å². The molecule has 0 spiro atoms. The van der Waals surface area contributed by atoms with Gasteiger partial charge in [-0.15, -0.1) is 0 Å². The minimum atomic E-state index is 1.00. The van der Waals surface area contributed by atoms with Crippen LogP contribution in [-0.2, 0) is 5.75 Å². The minimum absolute atomic E-state index is 1.00. The van der Waals surface area contributed by atoms with Crippen LogP contribution in [0.25, 0.3) is 0 Å². The molecule has 0 fully saturated rings. The molecule has 0 atom stereocenters. The first kappa shape index (κ1) is 15.2. The molecule has 0 saturated carbocycles. The summed E-state index contributed by atoms with van der Waals surface area (Å²) in [5.74, 6) is 4.26. The normalized spacial score (nSPS) is 9.83. The van der Waals surface area contributed by atoms with Gasteiger partial charge >= 0.3 is 0 Å². The van der Waals surface area contributed by atoms with E-state index < -0.39 is 0 Å². The van der Waals surface area contributed by atoms with Gasteiger partial charge in [0.1, 0.15) is 0 Å². The Morgan fingerprint density at radius 3 is 2.44 bits per heavy atom. The molecule has 0 aliphatic heterocycles. The third kappa shape index (κ3) is 8.25. The fraction of sp³-hybridized carbons (Fsp3) is 0.529. The second-order valence-corrected chi connectivity index (χ2v) is 5.35. The van der Waals surface area contributed by atoms with Crippen molar-refractivity contribution in [2.75, 3.05) is 0 Å². The van der Waals surface area contributed by atoms with Gasteiger partial charge in [-0.3, -0.25) is 0 Å². The topological polar surface area (TPSA) is 0 Å². The van der Waals surface area contributed by atoms with Crippen molar-refractivity contribution >= 4 is 11.8 Å². The van der Waals surface area contributed by atoms with Gasteiger partial charge in [-0.2, -0.15) is 0 Å². The van der Waals surface area contributed by atoms with E-state index in [0.29, 0.717) is 0 Å². The molecular formula is C17H24S. The molecule has 1 heteroatoms. The van der Waals surface area contributed by atoms with E-state index in [1.54, 1.807) is 11.8 Å². The van der Waals surface area contributed by atoms with Gasteiger partial charge < -0.3 is 0 Å². The highest BCUT2D eigenvalue weighted by Crippen LogP contribution is 2.10. The van der Waals surface area contributed by atoms with Gasteiger partial charge in [0.15, 0.2) is 0 Å². The maximum absolute atomic E-state index is 3.26. The zero-order valence-corrected chi connectivity index (χ0v) is 12.3. The van der Waals surface area contributed by atoms with Gasteiger partial charge in [-0.25, -0.2) is 0 Å². The van der Waals surface area contributed by atoms with E-state index in [-0.39, 0.29) is 0 Å². The average Bonchev–Trinajstić information content (AvgIpc) is 2.42. The lowest BCUT2D eigenvalue weighted by molar-refractivity contribution is 0.614. The van der Waals surface area contributed by atoms with Crippen LogP contribution < -0.4 is 0 Å². The summed E-state index contributed by atoms with van der Waals surface area (Å²) in [4.78, 5) is 0. The van der Waals surface area contributed by atoms with Crippen LogP contribution in [0.4, 0.5) is 0 Å². The number of rotatable bonds is 8. The van der Waals surface area contributed by atoms with E-state index in [0.717, 1.165) is 12.2 Å².